The van der Waals surface area contributed by atoms with Crippen molar-refractivity contribution >= 4 is 23.5 Å². The van der Waals surface area contributed by atoms with Gasteiger partial charge in [0.05, 0.1) is 0 Å². The topological polar surface area (TPSA) is 43.1 Å². The van der Waals surface area contributed by atoms with Gasteiger partial charge in [0.2, 0.25) is 0 Å². The van der Waals surface area contributed by atoms with E-state index in [1.807, 2.05) is 12.3 Å². The number of aliphatic imine (C=N–C) groups is 1. The standard InChI is InChI=1S/C26H25FN4S/c1-18-5-2-8-23(15-18)32-26-30-29-25(31(26)14-4-7-22-6-3-13-28-22)17-20-10-9-19-16-21(27)11-12-24(19)20/h2,5-6,8,10-13,15-16H,3-4,7,9,14,17H2,1H3. The molecule has 0 N–H and O–H groups in total. The lowest BCUT2D eigenvalue weighted by Gasteiger charge is -2.12. The Bertz CT molecular complexity index is 1240. The number of hydrogen-bond donors (Lipinski definition) is 0. The fraction of sp³-hybridized carbons (Fsp3) is 0.269. The second kappa shape index (κ2) is 9.25. The number of nitrogens with zero attached hydrogens (tertiary/aromatic N) is 4. The predicted molar refractivity (Wildman–Crippen MR) is 128 cm³/mol. The summed E-state index contributed by atoms with van der Waals surface area (Å²) in [5, 5.41) is 10.0. The van der Waals surface area contributed by atoms with Gasteiger partial charge in [-0.05, 0) is 78.9 Å². The summed E-state index contributed by atoms with van der Waals surface area (Å²) >= 11 is 1.65. The third-order valence-electron chi connectivity index (χ3n) is 5.85. The van der Waals surface area contributed by atoms with E-state index in [-0.39, 0.29) is 5.82 Å². The fourth-order valence-corrected chi connectivity index (χ4v) is 5.25. The van der Waals surface area contributed by atoms with Crippen LogP contribution in [0.25, 0.3) is 5.57 Å². The number of aryl methyl sites for hydroxylation is 1. The summed E-state index contributed by atoms with van der Waals surface area (Å²) in [5.74, 6) is 0.773. The molecule has 1 aliphatic carbocycles. The average Bonchev–Trinajstić information content (AvgIpc) is 3.51. The molecule has 1 aliphatic heterocycles. The maximum absolute atomic E-state index is 13.6. The third kappa shape index (κ3) is 4.60. The number of fused-ring (bicyclic) bond motifs is 1. The number of rotatable bonds is 8. The van der Waals surface area contributed by atoms with E-state index in [0.717, 1.165) is 59.2 Å². The zero-order valence-corrected chi connectivity index (χ0v) is 18.9. The normalized spacial score (nSPS) is 14.6. The minimum absolute atomic E-state index is 0.178. The Morgan fingerprint density at radius 3 is 2.88 bits per heavy atom. The molecule has 0 saturated heterocycles. The molecule has 0 bridgehead atoms. The average molecular weight is 445 g/mol. The van der Waals surface area contributed by atoms with Crippen LogP contribution in [0.2, 0.25) is 0 Å². The lowest BCUT2D eigenvalue weighted by molar-refractivity contribution is 0.575. The summed E-state index contributed by atoms with van der Waals surface area (Å²) in [7, 11) is 0. The van der Waals surface area contributed by atoms with Crippen molar-refractivity contribution in [2.45, 2.75) is 55.6 Å². The smallest absolute Gasteiger partial charge is 0.196 e. The molecule has 0 fully saturated rings. The molecule has 6 heteroatoms. The van der Waals surface area contributed by atoms with Crippen molar-refractivity contribution in [2.24, 2.45) is 4.99 Å². The van der Waals surface area contributed by atoms with Gasteiger partial charge in [0.15, 0.2) is 5.16 Å². The van der Waals surface area contributed by atoms with Crippen LogP contribution in [0.1, 0.15) is 41.8 Å². The number of hydrogen-bond acceptors (Lipinski definition) is 4. The minimum Gasteiger partial charge on any atom is -0.305 e. The number of allylic oxidation sites excluding steroid dienone is 4. The van der Waals surface area contributed by atoms with Crippen LogP contribution in [0.15, 0.2) is 75.4 Å². The largest absolute Gasteiger partial charge is 0.305 e. The molecule has 32 heavy (non-hydrogen) atoms. The fourth-order valence-electron chi connectivity index (χ4n) is 4.26. The predicted octanol–water partition coefficient (Wildman–Crippen LogP) is 6.20. The number of halogens is 1. The van der Waals surface area contributed by atoms with Crippen LogP contribution in [0, 0.1) is 12.7 Å². The zero-order chi connectivity index (χ0) is 21.9. The summed E-state index contributed by atoms with van der Waals surface area (Å²) in [6, 6.07) is 13.5. The SMILES string of the molecule is Cc1cccc(Sc2nnc(CC3=CCc4cc(F)ccc43)n2CCCC2=CCC=N2)c1. The van der Waals surface area contributed by atoms with Crippen molar-refractivity contribution in [3.8, 4) is 0 Å². The summed E-state index contributed by atoms with van der Waals surface area (Å²) in [6.45, 7) is 2.94. The number of aromatic nitrogens is 3. The molecule has 162 valence electrons. The molecule has 0 amide bonds. The molecule has 0 saturated carbocycles. The maximum Gasteiger partial charge on any atom is 0.196 e. The molecule has 3 aromatic rings. The van der Waals surface area contributed by atoms with Gasteiger partial charge in [-0.3, -0.25) is 4.99 Å². The first kappa shape index (κ1) is 20.9. The van der Waals surface area contributed by atoms with E-state index in [4.69, 9.17) is 0 Å². The maximum atomic E-state index is 13.6. The Labute approximate surface area is 192 Å². The lowest BCUT2D eigenvalue weighted by atomic mass is 10.0. The molecule has 2 aromatic carbocycles. The molecular formula is C26H25FN4S. The van der Waals surface area contributed by atoms with Gasteiger partial charge in [-0.2, -0.15) is 0 Å². The van der Waals surface area contributed by atoms with Crippen LogP contribution >= 0.6 is 11.8 Å². The van der Waals surface area contributed by atoms with E-state index in [1.54, 1.807) is 17.8 Å². The molecular weight excluding hydrogens is 419 g/mol. The molecule has 0 unspecified atom stereocenters. The van der Waals surface area contributed by atoms with Crippen molar-refractivity contribution in [1.29, 1.82) is 0 Å². The van der Waals surface area contributed by atoms with Crippen molar-refractivity contribution in [2.75, 3.05) is 0 Å². The zero-order valence-electron chi connectivity index (χ0n) is 18.1. The first-order valence-electron chi connectivity index (χ1n) is 11.0. The van der Waals surface area contributed by atoms with E-state index >= 15 is 0 Å². The van der Waals surface area contributed by atoms with Crippen molar-refractivity contribution in [1.82, 2.24) is 14.8 Å². The first-order chi connectivity index (χ1) is 15.7. The van der Waals surface area contributed by atoms with Gasteiger partial charge in [0, 0.05) is 36.2 Å². The van der Waals surface area contributed by atoms with E-state index < -0.39 is 0 Å². The Hall–Kier alpha value is -2.99. The van der Waals surface area contributed by atoms with Gasteiger partial charge < -0.3 is 4.57 Å². The Morgan fingerprint density at radius 1 is 1.09 bits per heavy atom. The van der Waals surface area contributed by atoms with Gasteiger partial charge in [-0.15, -0.1) is 10.2 Å². The quantitative estimate of drug-likeness (QED) is 0.416. The van der Waals surface area contributed by atoms with E-state index in [0.29, 0.717) is 6.42 Å². The summed E-state index contributed by atoms with van der Waals surface area (Å²) < 4.78 is 15.9. The number of benzene rings is 2. The minimum atomic E-state index is -0.178. The molecule has 0 atom stereocenters. The van der Waals surface area contributed by atoms with Crippen LogP contribution in [-0.4, -0.2) is 21.0 Å². The van der Waals surface area contributed by atoms with Crippen LogP contribution in [0.4, 0.5) is 4.39 Å². The molecule has 4 nitrogen and oxygen atoms in total. The lowest BCUT2D eigenvalue weighted by Crippen LogP contribution is -2.07. The highest BCUT2D eigenvalue weighted by molar-refractivity contribution is 7.99. The monoisotopic (exact) mass is 444 g/mol. The molecule has 0 spiro atoms. The summed E-state index contributed by atoms with van der Waals surface area (Å²) in [6.07, 6.45) is 10.7. The summed E-state index contributed by atoms with van der Waals surface area (Å²) in [5.41, 5.74) is 5.77. The third-order valence-corrected chi connectivity index (χ3v) is 6.83. The first-order valence-corrected chi connectivity index (χ1v) is 11.8. The molecule has 1 aromatic heterocycles. The van der Waals surface area contributed by atoms with Gasteiger partial charge in [-0.1, -0.05) is 35.9 Å². The van der Waals surface area contributed by atoms with Crippen LogP contribution < -0.4 is 0 Å². The highest BCUT2D eigenvalue weighted by Gasteiger charge is 2.20. The Balaban J connectivity index is 1.39. The van der Waals surface area contributed by atoms with Gasteiger partial charge >= 0.3 is 0 Å². The summed E-state index contributed by atoms with van der Waals surface area (Å²) in [4.78, 5) is 5.60. The Morgan fingerprint density at radius 2 is 2.03 bits per heavy atom. The molecule has 5 rings (SSSR count). The molecule has 0 radical (unpaired) electrons. The van der Waals surface area contributed by atoms with Crippen molar-refractivity contribution < 1.29 is 4.39 Å². The molecule has 2 heterocycles. The van der Waals surface area contributed by atoms with Gasteiger partial charge in [-0.25, -0.2) is 4.39 Å². The highest BCUT2D eigenvalue weighted by atomic mass is 32.2. The van der Waals surface area contributed by atoms with Gasteiger partial charge in [0.25, 0.3) is 0 Å². The van der Waals surface area contributed by atoms with E-state index in [9.17, 15) is 4.39 Å². The highest BCUT2D eigenvalue weighted by Crippen LogP contribution is 2.33. The van der Waals surface area contributed by atoms with Crippen LogP contribution in [0.5, 0.6) is 0 Å². The van der Waals surface area contributed by atoms with E-state index in [2.05, 4.69) is 63.1 Å². The van der Waals surface area contributed by atoms with Crippen molar-refractivity contribution in [3.63, 3.8) is 0 Å². The van der Waals surface area contributed by atoms with Crippen molar-refractivity contribution in [3.05, 3.63) is 88.6 Å². The van der Waals surface area contributed by atoms with Crippen LogP contribution in [0.3, 0.4) is 0 Å². The van der Waals surface area contributed by atoms with Gasteiger partial charge in [0.1, 0.15) is 11.6 Å². The van der Waals surface area contributed by atoms with E-state index in [1.165, 1.54) is 22.9 Å². The second-order valence-electron chi connectivity index (χ2n) is 8.23. The second-order valence-corrected chi connectivity index (χ2v) is 9.27. The Kier molecular flexibility index (Phi) is 6.04. The molecule has 2 aliphatic rings. The van der Waals surface area contributed by atoms with Crippen LogP contribution in [-0.2, 0) is 19.4 Å².